The van der Waals surface area contributed by atoms with Crippen molar-refractivity contribution in [3.05, 3.63) is 23.8 Å². The third-order valence-corrected chi connectivity index (χ3v) is 3.50. The molecule has 2 rings (SSSR count). The highest BCUT2D eigenvalue weighted by Crippen LogP contribution is 2.32. The van der Waals surface area contributed by atoms with Crippen LogP contribution < -0.4 is 9.80 Å². The molecule has 0 bridgehead atoms. The van der Waals surface area contributed by atoms with Crippen LogP contribution in [-0.2, 0) is 20.8 Å². The molecule has 1 aromatic rings. The van der Waals surface area contributed by atoms with Crippen LogP contribution in [-0.4, -0.2) is 42.9 Å². The lowest BCUT2D eigenvalue weighted by Gasteiger charge is -2.20. The Labute approximate surface area is 123 Å². The number of Topliss-reactive ketones (excluding diaryl/α,β-unsaturated/α-hetero) is 1. The van der Waals surface area contributed by atoms with Crippen molar-refractivity contribution < 1.29 is 19.5 Å². The van der Waals surface area contributed by atoms with Gasteiger partial charge in [-0.2, -0.15) is 0 Å². The Morgan fingerprint density at radius 3 is 2.71 bits per heavy atom. The summed E-state index contributed by atoms with van der Waals surface area (Å²) in [4.78, 5) is 37.0. The average molecular weight is 290 g/mol. The lowest BCUT2D eigenvalue weighted by atomic mass is 10.1. The molecule has 0 aromatic heterocycles. The Balaban J connectivity index is 2.19. The summed E-state index contributed by atoms with van der Waals surface area (Å²) in [7, 11) is 1.69. The number of fused-ring (bicyclic) bond motifs is 1. The first kappa shape index (κ1) is 15.0. The SMILES string of the molecule is CC(=O)CCN1C(=O)Cc2cc(N(C)CC(=O)O)ccc21. The summed E-state index contributed by atoms with van der Waals surface area (Å²) < 4.78 is 0. The number of hydrogen-bond donors (Lipinski definition) is 1. The van der Waals surface area contributed by atoms with Gasteiger partial charge in [0, 0.05) is 31.4 Å². The van der Waals surface area contributed by atoms with E-state index < -0.39 is 5.97 Å². The minimum Gasteiger partial charge on any atom is -0.480 e. The number of rotatable bonds is 6. The van der Waals surface area contributed by atoms with Gasteiger partial charge in [-0.25, -0.2) is 0 Å². The van der Waals surface area contributed by atoms with E-state index in [0.29, 0.717) is 19.4 Å². The summed E-state index contributed by atoms with van der Waals surface area (Å²) in [6.45, 7) is 1.80. The zero-order chi connectivity index (χ0) is 15.6. The molecule has 1 amide bonds. The molecule has 1 heterocycles. The van der Waals surface area contributed by atoms with Crippen molar-refractivity contribution in [3.63, 3.8) is 0 Å². The summed E-state index contributed by atoms with van der Waals surface area (Å²) >= 11 is 0. The number of carboxylic acid groups (broad SMARTS) is 1. The maximum Gasteiger partial charge on any atom is 0.323 e. The van der Waals surface area contributed by atoms with Crippen LogP contribution >= 0.6 is 0 Å². The summed E-state index contributed by atoms with van der Waals surface area (Å²) in [5.74, 6) is -0.879. The molecule has 0 spiro atoms. The van der Waals surface area contributed by atoms with Crippen LogP contribution in [0.2, 0.25) is 0 Å². The number of likely N-dealkylation sites (N-methyl/N-ethyl adjacent to an activating group) is 1. The van der Waals surface area contributed by atoms with Gasteiger partial charge >= 0.3 is 5.97 Å². The monoisotopic (exact) mass is 290 g/mol. The molecule has 0 aliphatic carbocycles. The molecule has 21 heavy (non-hydrogen) atoms. The number of carbonyl (C=O) groups is 3. The predicted molar refractivity (Wildman–Crippen MR) is 78.7 cm³/mol. The van der Waals surface area contributed by atoms with Crippen LogP contribution in [0.25, 0.3) is 0 Å². The van der Waals surface area contributed by atoms with E-state index in [1.165, 1.54) is 6.92 Å². The van der Waals surface area contributed by atoms with Gasteiger partial charge in [-0.15, -0.1) is 0 Å². The van der Waals surface area contributed by atoms with Crippen molar-refractivity contribution in [1.82, 2.24) is 0 Å². The van der Waals surface area contributed by atoms with E-state index in [1.54, 1.807) is 22.9 Å². The Morgan fingerprint density at radius 1 is 1.38 bits per heavy atom. The number of nitrogens with zero attached hydrogens (tertiary/aromatic N) is 2. The molecule has 0 atom stereocenters. The summed E-state index contributed by atoms with van der Waals surface area (Å²) in [5, 5.41) is 8.81. The van der Waals surface area contributed by atoms with E-state index in [1.807, 2.05) is 12.1 Å². The van der Waals surface area contributed by atoms with Gasteiger partial charge in [0.2, 0.25) is 5.91 Å². The van der Waals surface area contributed by atoms with Crippen molar-refractivity contribution in [2.75, 3.05) is 29.9 Å². The van der Waals surface area contributed by atoms with Gasteiger partial charge in [-0.05, 0) is 30.7 Å². The quantitative estimate of drug-likeness (QED) is 0.848. The second kappa shape index (κ2) is 5.95. The zero-order valence-electron chi connectivity index (χ0n) is 12.1. The van der Waals surface area contributed by atoms with Gasteiger partial charge in [0.1, 0.15) is 12.3 Å². The smallest absolute Gasteiger partial charge is 0.323 e. The van der Waals surface area contributed by atoms with Crippen molar-refractivity contribution in [3.8, 4) is 0 Å². The van der Waals surface area contributed by atoms with Gasteiger partial charge < -0.3 is 14.9 Å². The molecule has 1 N–H and O–H groups in total. The number of benzene rings is 1. The largest absolute Gasteiger partial charge is 0.480 e. The summed E-state index contributed by atoms with van der Waals surface area (Å²) in [6, 6.07) is 5.44. The molecule has 6 nitrogen and oxygen atoms in total. The van der Waals surface area contributed by atoms with E-state index >= 15 is 0 Å². The fraction of sp³-hybridized carbons (Fsp3) is 0.400. The highest BCUT2D eigenvalue weighted by atomic mass is 16.4. The maximum absolute atomic E-state index is 12.0. The lowest BCUT2D eigenvalue weighted by Crippen LogP contribution is -2.28. The third kappa shape index (κ3) is 3.39. The van der Waals surface area contributed by atoms with E-state index in [-0.39, 0.29) is 18.2 Å². The number of carboxylic acids is 1. The molecule has 6 heteroatoms. The van der Waals surface area contributed by atoms with E-state index in [4.69, 9.17) is 5.11 Å². The zero-order valence-corrected chi connectivity index (χ0v) is 12.1. The molecule has 0 radical (unpaired) electrons. The summed E-state index contributed by atoms with van der Waals surface area (Å²) in [5.41, 5.74) is 2.45. The van der Waals surface area contributed by atoms with Crippen LogP contribution in [0.4, 0.5) is 11.4 Å². The van der Waals surface area contributed by atoms with Gasteiger partial charge in [0.05, 0.1) is 6.42 Å². The Bertz CT molecular complexity index is 597. The van der Waals surface area contributed by atoms with Crippen LogP contribution in [0.1, 0.15) is 18.9 Å². The molecule has 1 aliphatic rings. The first-order valence-electron chi connectivity index (χ1n) is 6.74. The molecule has 112 valence electrons. The second-order valence-electron chi connectivity index (χ2n) is 5.24. The molecule has 0 unspecified atom stereocenters. The Morgan fingerprint density at radius 2 is 2.10 bits per heavy atom. The Hall–Kier alpha value is -2.37. The van der Waals surface area contributed by atoms with Gasteiger partial charge in [0.15, 0.2) is 0 Å². The molecule has 1 aliphatic heterocycles. The molecule has 0 fully saturated rings. The number of amides is 1. The summed E-state index contributed by atoms with van der Waals surface area (Å²) in [6.07, 6.45) is 0.633. The van der Waals surface area contributed by atoms with Gasteiger partial charge in [-0.1, -0.05) is 0 Å². The van der Waals surface area contributed by atoms with Crippen molar-refractivity contribution in [1.29, 1.82) is 0 Å². The van der Waals surface area contributed by atoms with Crippen molar-refractivity contribution in [2.24, 2.45) is 0 Å². The first-order chi connectivity index (χ1) is 9.88. The maximum atomic E-state index is 12.0. The standard InChI is InChI=1S/C15H18N2O4/c1-10(18)5-6-17-13-4-3-12(16(2)9-15(20)21)7-11(13)8-14(17)19/h3-4,7H,5-6,8-9H2,1-2H3,(H,20,21). The van der Waals surface area contributed by atoms with Crippen LogP contribution in [0.3, 0.4) is 0 Å². The predicted octanol–water partition coefficient (Wildman–Crippen LogP) is 1.08. The van der Waals surface area contributed by atoms with E-state index in [9.17, 15) is 14.4 Å². The van der Waals surface area contributed by atoms with Gasteiger partial charge in [-0.3, -0.25) is 14.4 Å². The van der Waals surface area contributed by atoms with E-state index in [0.717, 1.165) is 16.9 Å². The highest BCUT2D eigenvalue weighted by molar-refractivity contribution is 6.02. The van der Waals surface area contributed by atoms with Crippen LogP contribution in [0, 0.1) is 0 Å². The number of carbonyl (C=O) groups excluding carboxylic acids is 2. The van der Waals surface area contributed by atoms with Crippen molar-refractivity contribution >= 4 is 29.0 Å². The van der Waals surface area contributed by atoms with Crippen molar-refractivity contribution in [2.45, 2.75) is 19.8 Å². The average Bonchev–Trinajstić information content (AvgIpc) is 2.70. The van der Waals surface area contributed by atoms with Crippen LogP contribution in [0.5, 0.6) is 0 Å². The molecule has 1 aromatic carbocycles. The number of anilines is 2. The van der Waals surface area contributed by atoms with Gasteiger partial charge in [0.25, 0.3) is 0 Å². The molecular formula is C15H18N2O4. The minimum atomic E-state index is -0.905. The minimum absolute atomic E-state index is 0.0238. The molecule has 0 saturated carbocycles. The first-order valence-corrected chi connectivity index (χ1v) is 6.74. The third-order valence-electron chi connectivity index (χ3n) is 3.50. The second-order valence-corrected chi connectivity index (χ2v) is 5.24. The lowest BCUT2D eigenvalue weighted by molar-refractivity contribution is -0.135. The number of ketones is 1. The van der Waals surface area contributed by atoms with E-state index in [2.05, 4.69) is 0 Å². The Kier molecular flexibility index (Phi) is 4.26. The number of hydrogen-bond acceptors (Lipinski definition) is 4. The normalized spacial score (nSPS) is 13.2. The fourth-order valence-electron chi connectivity index (χ4n) is 2.42. The molecule has 0 saturated heterocycles. The fourth-order valence-corrected chi connectivity index (χ4v) is 2.42. The molecular weight excluding hydrogens is 272 g/mol. The topological polar surface area (TPSA) is 77.9 Å². The number of aliphatic carboxylic acids is 1. The highest BCUT2D eigenvalue weighted by Gasteiger charge is 2.27. The van der Waals surface area contributed by atoms with Crippen LogP contribution in [0.15, 0.2) is 18.2 Å².